The molecule has 2 aromatic heterocycles. The number of thiophene rings is 1. The molecule has 2 heterocycles. The summed E-state index contributed by atoms with van der Waals surface area (Å²) < 4.78 is 2.70. The molecule has 1 nitrogen and oxygen atoms in total. The van der Waals surface area contributed by atoms with Gasteiger partial charge in [-0.1, -0.05) is 74.2 Å². The van der Waals surface area contributed by atoms with Crippen LogP contribution in [-0.4, -0.2) is 4.98 Å². The van der Waals surface area contributed by atoms with Crippen molar-refractivity contribution in [2.24, 2.45) is 5.92 Å². The van der Waals surface area contributed by atoms with Gasteiger partial charge in [-0.25, -0.2) is 0 Å². The Hall–Kier alpha value is -2.97. The van der Waals surface area contributed by atoms with Crippen molar-refractivity contribution < 1.29 is 0 Å². The Balaban J connectivity index is 1.48. The molecule has 0 atom stereocenters. The zero-order chi connectivity index (χ0) is 21.5. The predicted molar refractivity (Wildman–Crippen MR) is 138 cm³/mol. The number of hydrogen-bond donors (Lipinski definition) is 0. The zero-order valence-electron chi connectivity index (χ0n) is 18.5. The maximum atomic E-state index is 4.81. The van der Waals surface area contributed by atoms with Crippen LogP contribution in [0.5, 0.6) is 0 Å². The Bertz CT molecular complexity index is 1410. The molecular formula is C30H27NS. The number of aromatic nitrogens is 1. The third-order valence-corrected chi connectivity index (χ3v) is 8.24. The van der Waals surface area contributed by atoms with Crippen LogP contribution in [0.3, 0.4) is 0 Å². The maximum Gasteiger partial charge on any atom is 0.0719 e. The molecule has 0 unspecified atom stereocenters. The van der Waals surface area contributed by atoms with Gasteiger partial charge in [0.05, 0.1) is 5.69 Å². The lowest BCUT2D eigenvalue weighted by molar-refractivity contribution is 0.546. The van der Waals surface area contributed by atoms with Gasteiger partial charge in [0.2, 0.25) is 0 Å². The van der Waals surface area contributed by atoms with Gasteiger partial charge in [0.25, 0.3) is 0 Å². The van der Waals surface area contributed by atoms with Gasteiger partial charge in [-0.2, -0.15) is 0 Å². The molecule has 0 saturated heterocycles. The van der Waals surface area contributed by atoms with E-state index < -0.39 is 0 Å². The highest BCUT2D eigenvalue weighted by Crippen LogP contribution is 2.42. The van der Waals surface area contributed by atoms with E-state index in [1.54, 1.807) is 0 Å². The summed E-state index contributed by atoms with van der Waals surface area (Å²) in [6.07, 6.45) is 8.75. The van der Waals surface area contributed by atoms with E-state index in [1.807, 2.05) is 17.5 Å². The third-order valence-electron chi connectivity index (χ3n) is 7.03. The largest absolute Gasteiger partial charge is 0.256 e. The van der Waals surface area contributed by atoms with Gasteiger partial charge in [-0.05, 0) is 65.8 Å². The Kier molecular flexibility index (Phi) is 5.04. The van der Waals surface area contributed by atoms with Gasteiger partial charge in [0.1, 0.15) is 0 Å². The molecule has 158 valence electrons. The molecular weight excluding hydrogens is 406 g/mol. The summed E-state index contributed by atoms with van der Waals surface area (Å²) >= 11 is 1.90. The van der Waals surface area contributed by atoms with Crippen LogP contribution >= 0.6 is 11.3 Å². The van der Waals surface area contributed by atoms with E-state index in [0.717, 1.165) is 11.6 Å². The summed E-state index contributed by atoms with van der Waals surface area (Å²) in [6.45, 7) is 2.23. The highest BCUT2D eigenvalue weighted by molar-refractivity contribution is 7.26. The maximum absolute atomic E-state index is 4.81. The van der Waals surface area contributed by atoms with E-state index in [-0.39, 0.29) is 0 Å². The number of fused-ring (bicyclic) bond motifs is 3. The van der Waals surface area contributed by atoms with Gasteiger partial charge < -0.3 is 0 Å². The summed E-state index contributed by atoms with van der Waals surface area (Å²) in [5.74, 6) is 0.851. The van der Waals surface area contributed by atoms with Crippen LogP contribution in [0.15, 0.2) is 79.0 Å². The van der Waals surface area contributed by atoms with Crippen molar-refractivity contribution in [3.63, 3.8) is 0 Å². The van der Waals surface area contributed by atoms with Crippen molar-refractivity contribution in [2.75, 3.05) is 0 Å². The molecule has 0 spiro atoms. The number of rotatable bonds is 4. The molecule has 5 aromatic rings. The van der Waals surface area contributed by atoms with Crippen LogP contribution in [0.4, 0.5) is 0 Å². The topological polar surface area (TPSA) is 12.9 Å². The predicted octanol–water partition coefficient (Wildman–Crippen LogP) is 8.82. The second-order valence-electron chi connectivity index (χ2n) is 9.22. The van der Waals surface area contributed by atoms with Gasteiger partial charge in [0, 0.05) is 31.9 Å². The standard InChI is InChI=1S/C30H27NS/c1-20-11-13-25(27-18-22(15-16-31-27)17-21-7-5-6-8-21)30-29(20)26-19-24(12-14-28(26)32-30)23-9-3-2-4-10-23/h2-4,9-16,18-19,21H,5-8,17H2,1H3. The first-order valence-electron chi connectivity index (χ1n) is 11.7. The number of nitrogens with zero attached hydrogens (tertiary/aromatic N) is 1. The highest BCUT2D eigenvalue weighted by atomic mass is 32.1. The van der Waals surface area contributed by atoms with Crippen molar-refractivity contribution in [1.82, 2.24) is 4.98 Å². The molecule has 1 aliphatic carbocycles. The minimum atomic E-state index is 0.851. The Morgan fingerprint density at radius 2 is 1.72 bits per heavy atom. The van der Waals surface area contributed by atoms with Crippen LogP contribution in [-0.2, 0) is 6.42 Å². The zero-order valence-corrected chi connectivity index (χ0v) is 19.3. The van der Waals surface area contributed by atoms with Gasteiger partial charge in [-0.3, -0.25) is 4.98 Å². The average Bonchev–Trinajstić information content (AvgIpc) is 3.48. The molecule has 2 heteroatoms. The normalized spacial score (nSPS) is 14.5. The van der Waals surface area contributed by atoms with Crippen molar-refractivity contribution in [3.05, 3.63) is 90.1 Å². The van der Waals surface area contributed by atoms with Crippen LogP contribution in [0.2, 0.25) is 0 Å². The fourth-order valence-electron chi connectivity index (χ4n) is 5.35. The monoisotopic (exact) mass is 433 g/mol. The van der Waals surface area contributed by atoms with Crippen molar-refractivity contribution in [1.29, 1.82) is 0 Å². The SMILES string of the molecule is Cc1ccc(-c2cc(CC3CCCC3)ccn2)c2sc3ccc(-c4ccccc4)cc3c12. The molecule has 0 bridgehead atoms. The van der Waals surface area contributed by atoms with Crippen LogP contribution in [0.25, 0.3) is 42.6 Å². The Morgan fingerprint density at radius 1 is 0.875 bits per heavy atom. The highest BCUT2D eigenvalue weighted by Gasteiger charge is 2.17. The summed E-state index contributed by atoms with van der Waals surface area (Å²) in [5, 5.41) is 2.73. The van der Waals surface area contributed by atoms with E-state index in [9.17, 15) is 0 Å². The summed E-state index contributed by atoms with van der Waals surface area (Å²) in [5.41, 5.74) is 7.69. The first kappa shape index (κ1) is 19.7. The Morgan fingerprint density at radius 3 is 2.56 bits per heavy atom. The first-order valence-corrected chi connectivity index (χ1v) is 12.5. The summed E-state index contributed by atoms with van der Waals surface area (Å²) in [6, 6.07) is 26.7. The van der Waals surface area contributed by atoms with Crippen molar-refractivity contribution in [2.45, 2.75) is 39.0 Å². The number of aryl methyl sites for hydroxylation is 1. The quantitative estimate of drug-likeness (QED) is 0.276. The second-order valence-corrected chi connectivity index (χ2v) is 10.3. The van der Waals surface area contributed by atoms with Gasteiger partial charge >= 0.3 is 0 Å². The molecule has 32 heavy (non-hydrogen) atoms. The summed E-state index contributed by atoms with van der Waals surface area (Å²) in [4.78, 5) is 4.81. The fraction of sp³-hybridized carbons (Fsp3) is 0.233. The molecule has 1 fully saturated rings. The number of pyridine rings is 1. The lowest BCUT2D eigenvalue weighted by Crippen LogP contribution is -1.99. The lowest BCUT2D eigenvalue weighted by atomic mass is 9.96. The molecule has 0 radical (unpaired) electrons. The van der Waals surface area contributed by atoms with Crippen LogP contribution in [0.1, 0.15) is 36.8 Å². The van der Waals surface area contributed by atoms with E-state index >= 15 is 0 Å². The van der Waals surface area contributed by atoms with Gasteiger partial charge in [0.15, 0.2) is 0 Å². The van der Waals surface area contributed by atoms with E-state index in [1.165, 1.54) is 80.1 Å². The van der Waals surface area contributed by atoms with Crippen molar-refractivity contribution in [3.8, 4) is 22.4 Å². The number of benzene rings is 3. The second kappa shape index (κ2) is 8.18. The smallest absolute Gasteiger partial charge is 0.0719 e. The minimum absolute atomic E-state index is 0.851. The molecule has 0 N–H and O–H groups in total. The average molecular weight is 434 g/mol. The minimum Gasteiger partial charge on any atom is -0.256 e. The van der Waals surface area contributed by atoms with Gasteiger partial charge in [-0.15, -0.1) is 11.3 Å². The fourth-order valence-corrected chi connectivity index (χ4v) is 6.64. The van der Waals surface area contributed by atoms with E-state index in [2.05, 4.69) is 79.7 Å². The van der Waals surface area contributed by atoms with Crippen molar-refractivity contribution >= 4 is 31.5 Å². The molecule has 1 saturated carbocycles. The molecule has 3 aromatic carbocycles. The third kappa shape index (κ3) is 3.53. The first-order chi connectivity index (χ1) is 15.8. The molecule has 6 rings (SSSR count). The molecule has 0 amide bonds. The lowest BCUT2D eigenvalue weighted by Gasteiger charge is -2.11. The molecule has 0 aliphatic heterocycles. The number of hydrogen-bond acceptors (Lipinski definition) is 2. The summed E-state index contributed by atoms with van der Waals surface area (Å²) in [7, 11) is 0. The Labute approximate surface area is 193 Å². The van der Waals surface area contributed by atoms with Crippen LogP contribution < -0.4 is 0 Å². The molecule has 1 aliphatic rings. The van der Waals surface area contributed by atoms with Crippen LogP contribution in [0, 0.1) is 12.8 Å². The van der Waals surface area contributed by atoms with E-state index in [4.69, 9.17) is 4.98 Å². The van der Waals surface area contributed by atoms with E-state index in [0.29, 0.717) is 0 Å².